The zero-order valence-corrected chi connectivity index (χ0v) is 18.6. The quantitative estimate of drug-likeness (QED) is 0.520. The molecule has 0 spiro atoms. The van der Waals surface area contributed by atoms with E-state index in [0.29, 0.717) is 17.5 Å². The van der Waals surface area contributed by atoms with Crippen molar-refractivity contribution in [1.82, 2.24) is 9.55 Å². The van der Waals surface area contributed by atoms with Gasteiger partial charge in [0.2, 0.25) is 5.91 Å². The molecule has 7 nitrogen and oxygen atoms in total. The lowest BCUT2D eigenvalue weighted by molar-refractivity contribution is -0.137. The van der Waals surface area contributed by atoms with E-state index in [4.69, 9.17) is 5.73 Å². The number of halogens is 3. The van der Waals surface area contributed by atoms with Crippen LogP contribution in [0.2, 0.25) is 0 Å². The summed E-state index contributed by atoms with van der Waals surface area (Å²) in [7, 11) is 0. The third-order valence-electron chi connectivity index (χ3n) is 5.34. The molecule has 2 aromatic carbocycles. The lowest BCUT2D eigenvalue weighted by Gasteiger charge is -2.25. The molecule has 1 heterocycles. The molecule has 0 saturated carbocycles. The SMILES string of the molecule is CCCCn1c(N)c(N(Cc2ccccc2)C(=O)Cc2ccc(C(F)(F)F)cc2)c(=O)[nH]c1=O. The largest absolute Gasteiger partial charge is 0.416 e. The van der Waals surface area contributed by atoms with Gasteiger partial charge >= 0.3 is 11.9 Å². The van der Waals surface area contributed by atoms with Crippen LogP contribution in [0.1, 0.15) is 36.5 Å². The Labute approximate surface area is 193 Å². The molecule has 180 valence electrons. The number of hydrogen-bond acceptors (Lipinski definition) is 4. The van der Waals surface area contributed by atoms with Crippen LogP contribution in [0, 0.1) is 0 Å². The highest BCUT2D eigenvalue weighted by Gasteiger charge is 2.30. The van der Waals surface area contributed by atoms with E-state index in [0.717, 1.165) is 18.6 Å². The Kier molecular flexibility index (Phi) is 7.60. The maximum Gasteiger partial charge on any atom is 0.416 e. The summed E-state index contributed by atoms with van der Waals surface area (Å²) in [4.78, 5) is 41.8. The fourth-order valence-electron chi connectivity index (χ4n) is 3.52. The van der Waals surface area contributed by atoms with Crippen LogP contribution in [0.4, 0.5) is 24.7 Å². The van der Waals surface area contributed by atoms with Crippen LogP contribution in [0.15, 0.2) is 64.2 Å². The van der Waals surface area contributed by atoms with Gasteiger partial charge < -0.3 is 5.73 Å². The highest BCUT2D eigenvalue weighted by atomic mass is 19.4. The Morgan fingerprint density at radius 1 is 1.03 bits per heavy atom. The Morgan fingerprint density at radius 3 is 2.26 bits per heavy atom. The van der Waals surface area contributed by atoms with Gasteiger partial charge in [-0.15, -0.1) is 0 Å². The summed E-state index contributed by atoms with van der Waals surface area (Å²) in [5.41, 5.74) is 4.76. The Morgan fingerprint density at radius 2 is 1.68 bits per heavy atom. The summed E-state index contributed by atoms with van der Waals surface area (Å²) in [6, 6.07) is 13.1. The monoisotopic (exact) mass is 474 g/mol. The van der Waals surface area contributed by atoms with E-state index in [1.165, 1.54) is 21.6 Å². The number of amides is 1. The first-order valence-electron chi connectivity index (χ1n) is 10.7. The second kappa shape index (κ2) is 10.4. The van der Waals surface area contributed by atoms with Crippen LogP contribution in [-0.2, 0) is 30.5 Å². The molecule has 0 saturated heterocycles. The fourth-order valence-corrected chi connectivity index (χ4v) is 3.52. The Hall–Kier alpha value is -3.82. The molecule has 3 aromatic rings. The number of carbonyl (C=O) groups excluding carboxylic acids is 1. The molecule has 34 heavy (non-hydrogen) atoms. The predicted octanol–water partition coefficient (Wildman–Crippen LogP) is 3.71. The van der Waals surface area contributed by atoms with Gasteiger partial charge in [-0.25, -0.2) is 4.79 Å². The lowest BCUT2D eigenvalue weighted by Crippen LogP contribution is -2.41. The van der Waals surface area contributed by atoms with Crippen molar-refractivity contribution in [1.29, 1.82) is 0 Å². The number of aromatic amines is 1. The molecular formula is C24H25F3N4O3. The molecule has 0 unspecified atom stereocenters. The second-order valence-electron chi connectivity index (χ2n) is 7.84. The van der Waals surface area contributed by atoms with Crippen molar-refractivity contribution < 1.29 is 18.0 Å². The van der Waals surface area contributed by atoms with Crippen molar-refractivity contribution in [2.75, 3.05) is 10.6 Å². The third-order valence-corrected chi connectivity index (χ3v) is 5.34. The maximum atomic E-state index is 13.3. The zero-order chi connectivity index (χ0) is 24.9. The number of nitrogens with two attached hydrogens (primary N) is 1. The van der Waals surface area contributed by atoms with Crippen molar-refractivity contribution in [2.45, 2.75) is 45.5 Å². The highest BCUT2D eigenvalue weighted by molar-refractivity contribution is 5.96. The van der Waals surface area contributed by atoms with E-state index in [-0.39, 0.29) is 31.0 Å². The zero-order valence-electron chi connectivity index (χ0n) is 18.6. The summed E-state index contributed by atoms with van der Waals surface area (Å²) >= 11 is 0. The van der Waals surface area contributed by atoms with E-state index in [9.17, 15) is 27.6 Å². The fraction of sp³-hybridized carbons (Fsp3) is 0.292. The normalized spacial score (nSPS) is 11.4. The summed E-state index contributed by atoms with van der Waals surface area (Å²) in [5, 5.41) is 0. The summed E-state index contributed by atoms with van der Waals surface area (Å²) < 4.78 is 39.8. The Bertz CT molecular complexity index is 1250. The molecule has 0 radical (unpaired) electrons. The minimum atomic E-state index is -4.49. The van der Waals surface area contributed by atoms with E-state index in [1.54, 1.807) is 30.3 Å². The van der Waals surface area contributed by atoms with Gasteiger partial charge in [0, 0.05) is 6.54 Å². The molecule has 3 N–H and O–H groups in total. The molecule has 1 amide bonds. The number of hydrogen-bond donors (Lipinski definition) is 2. The minimum absolute atomic E-state index is 0.0143. The number of nitrogens with one attached hydrogen (secondary N) is 1. The number of rotatable bonds is 8. The van der Waals surface area contributed by atoms with Crippen molar-refractivity contribution in [3.8, 4) is 0 Å². The number of anilines is 2. The molecule has 0 fully saturated rings. The van der Waals surface area contributed by atoms with Crippen molar-refractivity contribution in [3.63, 3.8) is 0 Å². The summed E-state index contributed by atoms with van der Waals surface area (Å²) in [6.45, 7) is 2.18. The molecular weight excluding hydrogens is 449 g/mol. The van der Waals surface area contributed by atoms with Crippen molar-refractivity contribution in [3.05, 3.63) is 92.1 Å². The molecule has 0 atom stereocenters. The number of benzene rings is 2. The Balaban J connectivity index is 2.02. The van der Waals surface area contributed by atoms with Gasteiger partial charge in [0.25, 0.3) is 5.56 Å². The van der Waals surface area contributed by atoms with Crippen molar-refractivity contribution in [2.24, 2.45) is 0 Å². The lowest BCUT2D eigenvalue weighted by atomic mass is 10.1. The molecule has 0 aliphatic carbocycles. The van der Waals surface area contributed by atoms with Gasteiger partial charge in [-0.2, -0.15) is 13.2 Å². The number of alkyl halides is 3. The molecule has 0 aliphatic rings. The minimum Gasteiger partial charge on any atom is -0.383 e. The predicted molar refractivity (Wildman–Crippen MR) is 123 cm³/mol. The van der Waals surface area contributed by atoms with E-state index in [2.05, 4.69) is 4.98 Å². The van der Waals surface area contributed by atoms with Crippen LogP contribution < -0.4 is 21.9 Å². The topological polar surface area (TPSA) is 101 Å². The number of carbonyl (C=O) groups is 1. The molecule has 3 rings (SSSR count). The number of nitrogen functional groups attached to an aromatic ring is 1. The average Bonchev–Trinajstić information content (AvgIpc) is 2.78. The highest BCUT2D eigenvalue weighted by Crippen LogP contribution is 2.29. The summed E-state index contributed by atoms with van der Waals surface area (Å²) in [6.07, 6.45) is -3.34. The summed E-state index contributed by atoms with van der Waals surface area (Å²) in [5.74, 6) is -0.694. The number of unbranched alkanes of at least 4 members (excludes halogenated alkanes) is 1. The molecule has 10 heteroatoms. The first-order valence-corrected chi connectivity index (χ1v) is 10.7. The van der Waals surface area contributed by atoms with Crippen LogP contribution in [0.3, 0.4) is 0 Å². The first-order chi connectivity index (χ1) is 16.1. The first kappa shape index (κ1) is 24.8. The van der Waals surface area contributed by atoms with Gasteiger partial charge in [-0.3, -0.25) is 24.0 Å². The van der Waals surface area contributed by atoms with E-state index >= 15 is 0 Å². The molecule has 0 aliphatic heterocycles. The van der Waals surface area contributed by atoms with Crippen molar-refractivity contribution >= 4 is 17.4 Å². The molecule has 0 bridgehead atoms. The molecule has 1 aromatic heterocycles. The van der Waals surface area contributed by atoms with Crippen LogP contribution in [-0.4, -0.2) is 15.5 Å². The second-order valence-corrected chi connectivity index (χ2v) is 7.84. The number of aromatic nitrogens is 2. The van der Waals surface area contributed by atoms with Gasteiger partial charge in [-0.1, -0.05) is 55.8 Å². The number of nitrogens with zero attached hydrogens (tertiary/aromatic N) is 2. The standard InChI is InChI=1S/C24H25F3N4O3/c1-2-3-13-30-21(28)20(22(33)29-23(30)34)31(15-17-7-5-4-6-8-17)19(32)14-16-9-11-18(12-10-16)24(25,26)27/h4-12H,2-3,13-15,28H2,1H3,(H,29,33,34). The van der Waals surface area contributed by atoms with Gasteiger partial charge in [0.1, 0.15) is 5.82 Å². The number of H-pyrrole nitrogens is 1. The maximum absolute atomic E-state index is 13.3. The van der Waals surface area contributed by atoms with Gasteiger partial charge in [-0.05, 0) is 29.7 Å². The van der Waals surface area contributed by atoms with Gasteiger partial charge in [0.05, 0.1) is 18.5 Å². The average molecular weight is 474 g/mol. The smallest absolute Gasteiger partial charge is 0.383 e. The van der Waals surface area contributed by atoms with Crippen LogP contribution in [0.25, 0.3) is 0 Å². The van der Waals surface area contributed by atoms with Crippen LogP contribution in [0.5, 0.6) is 0 Å². The van der Waals surface area contributed by atoms with E-state index in [1.807, 2.05) is 6.92 Å². The van der Waals surface area contributed by atoms with Crippen LogP contribution >= 0.6 is 0 Å². The van der Waals surface area contributed by atoms with Gasteiger partial charge in [0.15, 0.2) is 5.69 Å². The third kappa shape index (κ3) is 5.75. The van der Waals surface area contributed by atoms with E-state index < -0.39 is 28.9 Å².